The molecule has 2 fully saturated rings. The highest BCUT2D eigenvalue weighted by Gasteiger charge is 2.50. The maximum Gasteiger partial charge on any atom is 0.243 e. The van der Waals surface area contributed by atoms with Crippen molar-refractivity contribution in [1.29, 1.82) is 0 Å². The van der Waals surface area contributed by atoms with E-state index in [1.54, 1.807) is 6.20 Å². The largest absolute Gasteiger partial charge is 0.489 e. The molecule has 5 rings (SSSR count). The van der Waals surface area contributed by atoms with Crippen molar-refractivity contribution in [3.8, 4) is 5.75 Å². The number of hydrogen-bond acceptors (Lipinski definition) is 4. The van der Waals surface area contributed by atoms with Crippen molar-refractivity contribution in [2.45, 2.75) is 37.8 Å². The quantitative estimate of drug-likeness (QED) is 0.803. The zero-order valence-electron chi connectivity index (χ0n) is 16.7. The lowest BCUT2D eigenvalue weighted by Gasteiger charge is -2.45. The Bertz CT molecular complexity index is 927. The Hall–Kier alpha value is -2.66. The van der Waals surface area contributed by atoms with Crippen molar-refractivity contribution in [1.82, 2.24) is 14.8 Å². The Morgan fingerprint density at radius 3 is 2.69 bits per heavy atom. The second kappa shape index (κ2) is 7.64. The summed E-state index contributed by atoms with van der Waals surface area (Å²) in [6.45, 7) is 3.81. The zero-order chi connectivity index (χ0) is 19.7. The van der Waals surface area contributed by atoms with Crippen LogP contribution in [0, 0.1) is 0 Å². The minimum Gasteiger partial charge on any atom is -0.489 e. The van der Waals surface area contributed by atoms with Gasteiger partial charge in [0, 0.05) is 24.8 Å². The first-order valence-corrected chi connectivity index (χ1v) is 10.6. The average Bonchev–Trinajstić information content (AvgIpc) is 3.15. The fourth-order valence-electron chi connectivity index (χ4n) is 5.09. The average molecular weight is 389 g/mol. The second-order valence-electron chi connectivity index (χ2n) is 8.34. The molecular weight excluding hydrogens is 362 g/mol. The molecule has 3 aliphatic heterocycles. The fourth-order valence-corrected chi connectivity index (χ4v) is 5.09. The molecule has 0 bridgehead atoms. The van der Waals surface area contributed by atoms with E-state index in [9.17, 15) is 4.79 Å². The summed E-state index contributed by atoms with van der Waals surface area (Å²) in [4.78, 5) is 22.5. The maximum atomic E-state index is 13.6. The van der Waals surface area contributed by atoms with Gasteiger partial charge >= 0.3 is 0 Å². The Balaban J connectivity index is 1.35. The first-order chi connectivity index (χ1) is 14.2. The number of rotatable bonds is 4. The van der Waals surface area contributed by atoms with Gasteiger partial charge in [-0.15, -0.1) is 0 Å². The number of carbonyl (C=O) groups excluding carboxylic acids is 1. The first kappa shape index (κ1) is 18.4. The van der Waals surface area contributed by atoms with Crippen molar-refractivity contribution < 1.29 is 9.53 Å². The molecule has 0 aliphatic carbocycles. The molecule has 3 aliphatic rings. The van der Waals surface area contributed by atoms with Gasteiger partial charge in [-0.1, -0.05) is 24.3 Å². The van der Waals surface area contributed by atoms with Crippen molar-refractivity contribution >= 4 is 12.0 Å². The topological polar surface area (TPSA) is 45.7 Å². The van der Waals surface area contributed by atoms with Gasteiger partial charge in [-0.25, -0.2) is 0 Å². The highest BCUT2D eigenvalue weighted by atomic mass is 16.5. The highest BCUT2D eigenvalue weighted by molar-refractivity contribution is 5.87. The van der Waals surface area contributed by atoms with Gasteiger partial charge in [0.1, 0.15) is 17.9 Å². The normalized spacial score (nSPS) is 24.3. The first-order valence-electron chi connectivity index (χ1n) is 10.6. The van der Waals surface area contributed by atoms with Crippen LogP contribution in [0.25, 0.3) is 6.08 Å². The number of aromatic nitrogens is 1. The number of benzene rings is 1. The molecular formula is C24H27N3O2. The highest BCUT2D eigenvalue weighted by Crippen LogP contribution is 2.39. The van der Waals surface area contributed by atoms with Gasteiger partial charge in [-0.3, -0.25) is 14.7 Å². The minimum atomic E-state index is -0.356. The van der Waals surface area contributed by atoms with Gasteiger partial charge < -0.3 is 9.64 Å². The molecule has 29 heavy (non-hydrogen) atoms. The molecule has 0 N–H and O–H groups in total. The predicted molar refractivity (Wildman–Crippen MR) is 112 cm³/mol. The zero-order valence-corrected chi connectivity index (χ0v) is 16.7. The van der Waals surface area contributed by atoms with Gasteiger partial charge in [0.15, 0.2) is 0 Å². The third-order valence-corrected chi connectivity index (χ3v) is 6.49. The van der Waals surface area contributed by atoms with E-state index in [2.05, 4.69) is 22.0 Å². The number of hydrogen-bond donors (Lipinski definition) is 0. The maximum absolute atomic E-state index is 13.6. The summed E-state index contributed by atoms with van der Waals surface area (Å²) in [6, 6.07) is 14.1. The summed E-state index contributed by atoms with van der Waals surface area (Å²) in [6.07, 6.45) is 8.07. The third-order valence-electron chi connectivity index (χ3n) is 6.49. The number of nitrogens with zero attached hydrogens (tertiary/aromatic N) is 3. The van der Waals surface area contributed by atoms with Crippen LogP contribution < -0.4 is 4.74 Å². The Morgan fingerprint density at radius 1 is 1.00 bits per heavy atom. The van der Waals surface area contributed by atoms with Gasteiger partial charge in [-0.2, -0.15) is 0 Å². The number of carbonyl (C=O) groups is 1. The van der Waals surface area contributed by atoms with E-state index in [-0.39, 0.29) is 11.4 Å². The summed E-state index contributed by atoms with van der Waals surface area (Å²) < 4.78 is 5.95. The van der Waals surface area contributed by atoms with Crippen LogP contribution in [0.1, 0.15) is 36.9 Å². The Kier molecular flexibility index (Phi) is 4.84. The van der Waals surface area contributed by atoms with E-state index < -0.39 is 0 Å². The number of likely N-dealkylation sites (tertiary alicyclic amines) is 2. The molecule has 0 saturated carbocycles. The minimum absolute atomic E-state index is 0.282. The molecule has 1 atom stereocenters. The van der Waals surface area contributed by atoms with Crippen LogP contribution in [0.15, 0.2) is 54.2 Å². The standard InChI is InChI=1S/C24H27N3O2/c28-23-24(10-5-13-26(23)17-21-8-3-4-12-25-21)11-6-14-27(24)16-19-15-20-7-1-2-9-22(20)29-18-19/h1-4,7-9,12,15H,5-6,10-11,13-14,16-18H2. The molecule has 2 saturated heterocycles. The van der Waals surface area contributed by atoms with Crippen LogP contribution in [0.3, 0.4) is 0 Å². The van der Waals surface area contributed by atoms with Crippen molar-refractivity contribution in [2.24, 2.45) is 0 Å². The van der Waals surface area contributed by atoms with Crippen LogP contribution in [0.4, 0.5) is 0 Å². The number of para-hydroxylation sites is 1. The van der Waals surface area contributed by atoms with Gasteiger partial charge in [-0.05, 0) is 62.1 Å². The van der Waals surface area contributed by atoms with E-state index in [0.717, 1.165) is 62.3 Å². The third kappa shape index (κ3) is 3.44. The van der Waals surface area contributed by atoms with E-state index in [1.165, 1.54) is 5.57 Å². The fraction of sp³-hybridized carbons (Fsp3) is 0.417. The number of piperidine rings is 1. The van der Waals surface area contributed by atoms with Crippen LogP contribution in [0.5, 0.6) is 5.75 Å². The summed E-state index contributed by atoms with van der Waals surface area (Å²) in [5.74, 6) is 1.23. The summed E-state index contributed by atoms with van der Waals surface area (Å²) in [5, 5.41) is 0. The van der Waals surface area contributed by atoms with Crippen LogP contribution in [-0.2, 0) is 11.3 Å². The molecule has 1 amide bonds. The molecule has 4 heterocycles. The Morgan fingerprint density at radius 2 is 1.83 bits per heavy atom. The van der Waals surface area contributed by atoms with E-state index in [4.69, 9.17) is 4.74 Å². The summed E-state index contributed by atoms with van der Waals surface area (Å²) >= 11 is 0. The molecule has 5 heteroatoms. The smallest absolute Gasteiger partial charge is 0.243 e. The van der Waals surface area contributed by atoms with Crippen LogP contribution in [0.2, 0.25) is 0 Å². The molecule has 1 unspecified atom stereocenters. The summed E-state index contributed by atoms with van der Waals surface area (Å²) in [7, 11) is 0. The van der Waals surface area contributed by atoms with E-state index in [1.807, 2.05) is 41.3 Å². The SMILES string of the molecule is O=C1N(Cc2ccccn2)CCCC12CCCN2CC1=Cc2ccccc2OC1. The van der Waals surface area contributed by atoms with Crippen LogP contribution in [-0.4, -0.2) is 52.5 Å². The lowest BCUT2D eigenvalue weighted by molar-refractivity contribution is -0.147. The van der Waals surface area contributed by atoms with E-state index >= 15 is 0 Å². The number of ether oxygens (including phenoxy) is 1. The summed E-state index contributed by atoms with van der Waals surface area (Å²) in [5.41, 5.74) is 2.99. The number of fused-ring (bicyclic) bond motifs is 1. The van der Waals surface area contributed by atoms with Crippen LogP contribution >= 0.6 is 0 Å². The lowest BCUT2D eigenvalue weighted by Crippen LogP contribution is -2.60. The van der Waals surface area contributed by atoms with Crippen molar-refractivity contribution in [3.63, 3.8) is 0 Å². The van der Waals surface area contributed by atoms with Gasteiger partial charge in [0.25, 0.3) is 0 Å². The monoisotopic (exact) mass is 389 g/mol. The molecule has 0 radical (unpaired) electrons. The molecule has 2 aromatic rings. The predicted octanol–water partition coefficient (Wildman–Crippen LogP) is 3.51. The van der Waals surface area contributed by atoms with E-state index in [0.29, 0.717) is 13.2 Å². The molecule has 1 spiro atoms. The van der Waals surface area contributed by atoms with Crippen molar-refractivity contribution in [2.75, 3.05) is 26.2 Å². The number of amides is 1. The molecule has 1 aromatic heterocycles. The second-order valence-corrected chi connectivity index (χ2v) is 8.34. The molecule has 150 valence electrons. The van der Waals surface area contributed by atoms with Gasteiger partial charge in [0.2, 0.25) is 5.91 Å². The Labute approximate surface area is 172 Å². The van der Waals surface area contributed by atoms with Crippen molar-refractivity contribution in [3.05, 3.63) is 65.5 Å². The van der Waals surface area contributed by atoms with Gasteiger partial charge in [0.05, 0.1) is 12.2 Å². The number of pyridine rings is 1. The molecule has 1 aromatic carbocycles. The molecule has 5 nitrogen and oxygen atoms in total. The lowest BCUT2D eigenvalue weighted by atomic mass is 9.85.